The van der Waals surface area contributed by atoms with Gasteiger partial charge in [0, 0.05) is 0 Å². The first-order chi connectivity index (χ1) is 22.8. The van der Waals surface area contributed by atoms with Crippen molar-refractivity contribution in [2.75, 3.05) is 0 Å². The summed E-state index contributed by atoms with van der Waals surface area (Å²) in [6.45, 7) is 0. The highest BCUT2D eigenvalue weighted by Crippen LogP contribution is 2.35. The van der Waals surface area contributed by atoms with Crippen molar-refractivity contribution < 1.29 is 0 Å². The molecule has 9 rings (SSSR count). The van der Waals surface area contributed by atoms with Gasteiger partial charge in [-0.1, -0.05) is 152 Å². The van der Waals surface area contributed by atoms with E-state index in [0.717, 1.165) is 0 Å². The van der Waals surface area contributed by atoms with Crippen LogP contribution in [-0.2, 0) is 0 Å². The van der Waals surface area contributed by atoms with Crippen molar-refractivity contribution in [3.8, 4) is 44.5 Å². The fourth-order valence-electron chi connectivity index (χ4n) is 7.02. The summed E-state index contributed by atoms with van der Waals surface area (Å²) in [4.78, 5) is 0. The molecule has 46 heavy (non-hydrogen) atoms. The predicted molar refractivity (Wildman–Crippen MR) is 198 cm³/mol. The van der Waals surface area contributed by atoms with Gasteiger partial charge in [0.1, 0.15) is 0 Å². The Balaban J connectivity index is 1.04. The smallest absolute Gasteiger partial charge is 0.0105 e. The van der Waals surface area contributed by atoms with Crippen molar-refractivity contribution in [3.05, 3.63) is 182 Å². The first-order valence-corrected chi connectivity index (χ1v) is 15.9. The molecular formula is C46H30. The largest absolute Gasteiger partial charge is 0.0616 e. The lowest BCUT2D eigenvalue weighted by Gasteiger charge is -2.11. The Hall–Kier alpha value is -5.98. The quantitative estimate of drug-likeness (QED) is 0.194. The van der Waals surface area contributed by atoms with Crippen LogP contribution in [0.5, 0.6) is 0 Å². The maximum atomic E-state index is 2.32. The molecule has 9 aromatic carbocycles. The average molecular weight is 583 g/mol. The normalized spacial score (nSPS) is 11.5. The Bertz CT molecular complexity index is 2400. The molecule has 0 aliphatic carbocycles. The molecule has 0 heterocycles. The minimum atomic E-state index is 1.23. The van der Waals surface area contributed by atoms with Gasteiger partial charge in [0.15, 0.2) is 0 Å². The first-order valence-electron chi connectivity index (χ1n) is 15.9. The van der Waals surface area contributed by atoms with E-state index < -0.39 is 0 Å². The summed E-state index contributed by atoms with van der Waals surface area (Å²) >= 11 is 0. The Morgan fingerprint density at radius 2 is 0.543 bits per heavy atom. The second-order valence-electron chi connectivity index (χ2n) is 12.2. The standard InChI is InChI=1S/C46H30/c1-3-14-43-31(8-1)10-6-16-45(43)41-24-22-37-27-35(18-20-39(37)29-41)33-12-5-13-34(26-33)36-19-21-40-30-42(25-23-38(40)28-36)46-17-7-11-32-9-2-4-15-44(32)46/h1-30H. The zero-order valence-electron chi connectivity index (χ0n) is 25.3. The highest BCUT2D eigenvalue weighted by atomic mass is 14.1. The van der Waals surface area contributed by atoms with Crippen molar-refractivity contribution in [2.45, 2.75) is 0 Å². The molecule has 0 saturated carbocycles. The van der Waals surface area contributed by atoms with E-state index in [1.54, 1.807) is 0 Å². The van der Waals surface area contributed by atoms with E-state index in [1.165, 1.54) is 87.6 Å². The molecule has 0 unspecified atom stereocenters. The summed E-state index contributed by atoms with van der Waals surface area (Å²) in [6.07, 6.45) is 0. The maximum Gasteiger partial charge on any atom is -0.0105 e. The third-order valence-corrected chi connectivity index (χ3v) is 9.41. The van der Waals surface area contributed by atoms with Gasteiger partial charge in [-0.2, -0.15) is 0 Å². The Morgan fingerprint density at radius 3 is 1.02 bits per heavy atom. The van der Waals surface area contributed by atoms with Gasteiger partial charge in [-0.3, -0.25) is 0 Å². The van der Waals surface area contributed by atoms with Gasteiger partial charge < -0.3 is 0 Å². The van der Waals surface area contributed by atoms with Crippen LogP contribution in [0.15, 0.2) is 182 Å². The molecule has 0 heteroatoms. The van der Waals surface area contributed by atoms with Crippen LogP contribution in [-0.4, -0.2) is 0 Å². The molecule has 214 valence electrons. The molecule has 0 fully saturated rings. The highest BCUT2D eigenvalue weighted by Gasteiger charge is 2.09. The van der Waals surface area contributed by atoms with Crippen LogP contribution in [0.25, 0.3) is 87.6 Å². The van der Waals surface area contributed by atoms with Gasteiger partial charge in [-0.25, -0.2) is 0 Å². The minimum absolute atomic E-state index is 1.23. The molecule has 0 amide bonds. The molecule has 0 aromatic heterocycles. The monoisotopic (exact) mass is 582 g/mol. The first kappa shape index (κ1) is 26.4. The summed E-state index contributed by atoms with van der Waals surface area (Å²) in [7, 11) is 0. The van der Waals surface area contributed by atoms with Crippen LogP contribution < -0.4 is 0 Å². The summed E-state index contributed by atoms with van der Waals surface area (Å²) in [5.74, 6) is 0. The van der Waals surface area contributed by atoms with Gasteiger partial charge >= 0.3 is 0 Å². The van der Waals surface area contributed by atoms with Crippen molar-refractivity contribution in [1.82, 2.24) is 0 Å². The zero-order chi connectivity index (χ0) is 30.5. The van der Waals surface area contributed by atoms with Crippen LogP contribution in [0.3, 0.4) is 0 Å². The number of hydrogen-bond donors (Lipinski definition) is 0. The minimum Gasteiger partial charge on any atom is -0.0616 e. The van der Waals surface area contributed by atoms with E-state index in [4.69, 9.17) is 0 Å². The Kier molecular flexibility index (Phi) is 6.25. The number of hydrogen-bond acceptors (Lipinski definition) is 0. The van der Waals surface area contributed by atoms with Crippen LogP contribution in [0.1, 0.15) is 0 Å². The van der Waals surface area contributed by atoms with Crippen molar-refractivity contribution >= 4 is 43.1 Å². The van der Waals surface area contributed by atoms with Crippen LogP contribution in [0.4, 0.5) is 0 Å². The van der Waals surface area contributed by atoms with E-state index in [1.807, 2.05) is 0 Å². The summed E-state index contributed by atoms with van der Waals surface area (Å²) in [5.41, 5.74) is 9.96. The molecule has 0 spiro atoms. The molecule has 0 nitrogen and oxygen atoms in total. The summed E-state index contributed by atoms with van der Waals surface area (Å²) in [6, 6.07) is 66.6. The lowest BCUT2D eigenvalue weighted by molar-refractivity contribution is 1.61. The summed E-state index contributed by atoms with van der Waals surface area (Å²) in [5, 5.41) is 10.1. The lowest BCUT2D eigenvalue weighted by Crippen LogP contribution is -1.85. The fourth-order valence-corrected chi connectivity index (χ4v) is 7.02. The predicted octanol–water partition coefficient (Wildman–Crippen LogP) is 13.0. The third-order valence-electron chi connectivity index (χ3n) is 9.41. The number of rotatable bonds is 4. The zero-order valence-corrected chi connectivity index (χ0v) is 25.3. The van der Waals surface area contributed by atoms with E-state index in [0.29, 0.717) is 0 Å². The topological polar surface area (TPSA) is 0 Å². The molecule has 0 aliphatic rings. The molecule has 9 aromatic rings. The summed E-state index contributed by atoms with van der Waals surface area (Å²) < 4.78 is 0. The molecule has 0 aliphatic heterocycles. The Labute approximate surface area is 268 Å². The lowest BCUT2D eigenvalue weighted by atomic mass is 9.93. The van der Waals surface area contributed by atoms with E-state index in [-0.39, 0.29) is 0 Å². The second-order valence-corrected chi connectivity index (χ2v) is 12.2. The molecular weight excluding hydrogens is 553 g/mol. The molecule has 0 radical (unpaired) electrons. The van der Waals surface area contributed by atoms with Gasteiger partial charge in [0.05, 0.1) is 0 Å². The molecule has 0 bridgehead atoms. The van der Waals surface area contributed by atoms with Gasteiger partial charge in [-0.15, -0.1) is 0 Å². The number of benzene rings is 9. The highest BCUT2D eigenvalue weighted by molar-refractivity contribution is 6.01. The number of fused-ring (bicyclic) bond motifs is 4. The van der Waals surface area contributed by atoms with Crippen LogP contribution >= 0.6 is 0 Å². The maximum absolute atomic E-state index is 2.32. The van der Waals surface area contributed by atoms with Crippen molar-refractivity contribution in [1.29, 1.82) is 0 Å². The fraction of sp³-hybridized carbons (Fsp3) is 0. The van der Waals surface area contributed by atoms with Crippen molar-refractivity contribution in [3.63, 3.8) is 0 Å². The van der Waals surface area contributed by atoms with Crippen LogP contribution in [0.2, 0.25) is 0 Å². The van der Waals surface area contributed by atoms with Gasteiger partial charge in [0.25, 0.3) is 0 Å². The van der Waals surface area contributed by atoms with E-state index in [9.17, 15) is 0 Å². The van der Waals surface area contributed by atoms with Crippen LogP contribution in [0, 0.1) is 0 Å². The molecule has 0 N–H and O–H groups in total. The Morgan fingerprint density at radius 1 is 0.196 bits per heavy atom. The third kappa shape index (κ3) is 4.64. The van der Waals surface area contributed by atoms with Gasteiger partial charge in [0.2, 0.25) is 0 Å². The SMILES string of the molecule is c1cc(-c2ccc3cc(-c4cccc5ccccc45)ccc3c2)cc(-c2ccc3cc(-c4cccc5ccccc45)ccc3c2)c1. The van der Waals surface area contributed by atoms with E-state index >= 15 is 0 Å². The average Bonchev–Trinajstić information content (AvgIpc) is 3.13. The second kappa shape index (κ2) is 10.9. The molecule has 0 saturated heterocycles. The van der Waals surface area contributed by atoms with Gasteiger partial charge in [-0.05, 0) is 118 Å². The van der Waals surface area contributed by atoms with E-state index in [2.05, 4.69) is 182 Å². The molecule has 0 atom stereocenters. The van der Waals surface area contributed by atoms with Crippen molar-refractivity contribution in [2.24, 2.45) is 0 Å².